The van der Waals surface area contributed by atoms with Crippen LogP contribution in [-0.4, -0.2) is 6.54 Å². The first-order valence-electron chi connectivity index (χ1n) is 4.34. The first kappa shape index (κ1) is 9.32. The second kappa shape index (κ2) is 3.16. The van der Waals surface area contributed by atoms with E-state index in [2.05, 4.69) is 0 Å². The van der Waals surface area contributed by atoms with Gasteiger partial charge in [-0.05, 0) is 30.5 Å². The lowest BCUT2D eigenvalue weighted by molar-refractivity contribution is 0.705. The third kappa shape index (κ3) is 1.45. The summed E-state index contributed by atoms with van der Waals surface area (Å²) in [6.07, 6.45) is 2.21. The molecule has 1 nitrogen and oxygen atoms in total. The zero-order valence-corrected chi connectivity index (χ0v) is 8.70. The molecule has 0 amide bonds. The predicted molar refractivity (Wildman–Crippen MR) is 56.4 cm³/mol. The van der Waals surface area contributed by atoms with Crippen LogP contribution in [0.3, 0.4) is 0 Å². The van der Waals surface area contributed by atoms with Gasteiger partial charge in [-0.1, -0.05) is 29.3 Å². The molecule has 2 rings (SSSR count). The number of rotatable bonds is 2. The Labute approximate surface area is 87.8 Å². The first-order chi connectivity index (χ1) is 6.19. The normalized spacial score (nSPS) is 18.7. The van der Waals surface area contributed by atoms with Crippen LogP contribution in [-0.2, 0) is 5.41 Å². The van der Waals surface area contributed by atoms with E-state index >= 15 is 0 Å². The van der Waals surface area contributed by atoms with Gasteiger partial charge in [0.05, 0.1) is 0 Å². The molecule has 1 aromatic rings. The molecule has 0 radical (unpaired) electrons. The Kier molecular flexibility index (Phi) is 2.26. The molecule has 2 N–H and O–H groups in total. The largest absolute Gasteiger partial charge is 0.330 e. The van der Waals surface area contributed by atoms with E-state index in [0.717, 1.165) is 28.5 Å². The minimum absolute atomic E-state index is 0.0788. The SMILES string of the molecule is NCC1(c2c(Cl)cccc2Cl)CC1. The van der Waals surface area contributed by atoms with Crippen molar-refractivity contribution in [1.82, 2.24) is 0 Å². The summed E-state index contributed by atoms with van der Waals surface area (Å²) in [6.45, 7) is 0.635. The van der Waals surface area contributed by atoms with E-state index in [1.54, 1.807) is 0 Å². The fraction of sp³-hybridized carbons (Fsp3) is 0.400. The van der Waals surface area contributed by atoms with Crippen molar-refractivity contribution in [2.45, 2.75) is 18.3 Å². The summed E-state index contributed by atoms with van der Waals surface area (Å²) >= 11 is 12.2. The Morgan fingerprint density at radius 2 is 1.77 bits per heavy atom. The van der Waals surface area contributed by atoms with Gasteiger partial charge in [0.25, 0.3) is 0 Å². The average Bonchev–Trinajstić information content (AvgIpc) is 2.85. The van der Waals surface area contributed by atoms with Crippen molar-refractivity contribution in [3.8, 4) is 0 Å². The van der Waals surface area contributed by atoms with Crippen molar-refractivity contribution >= 4 is 23.2 Å². The van der Waals surface area contributed by atoms with Crippen LogP contribution in [0, 0.1) is 0 Å². The third-order valence-electron chi connectivity index (χ3n) is 2.74. The fourth-order valence-corrected chi connectivity index (χ4v) is 2.51. The zero-order chi connectivity index (χ0) is 9.47. The molecular weight excluding hydrogens is 205 g/mol. The smallest absolute Gasteiger partial charge is 0.0459 e. The first-order valence-corrected chi connectivity index (χ1v) is 5.10. The van der Waals surface area contributed by atoms with Crippen LogP contribution < -0.4 is 5.73 Å². The summed E-state index contributed by atoms with van der Waals surface area (Å²) in [5, 5.41) is 1.49. The Morgan fingerprint density at radius 3 is 2.15 bits per heavy atom. The lowest BCUT2D eigenvalue weighted by atomic mass is 9.96. The standard InChI is InChI=1S/C10H11Cl2N/c11-7-2-1-3-8(12)9(7)10(6-13)4-5-10/h1-3H,4-6,13H2. The van der Waals surface area contributed by atoms with Crippen LogP contribution in [0.2, 0.25) is 10.0 Å². The minimum Gasteiger partial charge on any atom is -0.330 e. The highest BCUT2D eigenvalue weighted by Gasteiger charge is 2.45. The molecule has 70 valence electrons. The molecule has 0 aliphatic heterocycles. The van der Waals surface area contributed by atoms with Crippen LogP contribution in [0.25, 0.3) is 0 Å². The van der Waals surface area contributed by atoms with Crippen molar-refractivity contribution in [3.05, 3.63) is 33.8 Å². The van der Waals surface area contributed by atoms with Gasteiger partial charge in [0, 0.05) is 22.0 Å². The molecule has 3 heteroatoms. The molecule has 1 aliphatic rings. The van der Waals surface area contributed by atoms with Gasteiger partial charge >= 0.3 is 0 Å². The van der Waals surface area contributed by atoms with E-state index < -0.39 is 0 Å². The topological polar surface area (TPSA) is 26.0 Å². The summed E-state index contributed by atoms with van der Waals surface area (Å²) in [7, 11) is 0. The number of hydrogen-bond donors (Lipinski definition) is 1. The Bertz CT molecular complexity index is 311. The molecule has 13 heavy (non-hydrogen) atoms. The molecule has 0 aromatic heterocycles. The van der Waals surface area contributed by atoms with Gasteiger partial charge in [0.15, 0.2) is 0 Å². The minimum atomic E-state index is 0.0788. The van der Waals surface area contributed by atoms with Crippen molar-refractivity contribution in [1.29, 1.82) is 0 Å². The van der Waals surface area contributed by atoms with E-state index in [1.807, 2.05) is 18.2 Å². The van der Waals surface area contributed by atoms with Gasteiger partial charge < -0.3 is 5.73 Å². The number of benzene rings is 1. The highest BCUT2D eigenvalue weighted by atomic mass is 35.5. The summed E-state index contributed by atoms with van der Waals surface area (Å²) in [4.78, 5) is 0. The van der Waals surface area contributed by atoms with E-state index in [0.29, 0.717) is 6.54 Å². The highest BCUT2D eigenvalue weighted by molar-refractivity contribution is 6.36. The van der Waals surface area contributed by atoms with E-state index in [-0.39, 0.29) is 5.41 Å². The molecule has 0 spiro atoms. The second-order valence-corrected chi connectivity index (χ2v) is 4.40. The number of nitrogens with two attached hydrogens (primary N) is 1. The average molecular weight is 216 g/mol. The Morgan fingerprint density at radius 1 is 1.23 bits per heavy atom. The molecule has 0 unspecified atom stereocenters. The van der Waals surface area contributed by atoms with Gasteiger partial charge in [-0.2, -0.15) is 0 Å². The van der Waals surface area contributed by atoms with Crippen molar-refractivity contribution in [2.24, 2.45) is 5.73 Å². The third-order valence-corrected chi connectivity index (χ3v) is 3.37. The molecular formula is C10H11Cl2N. The molecule has 1 saturated carbocycles. The van der Waals surface area contributed by atoms with Crippen molar-refractivity contribution < 1.29 is 0 Å². The predicted octanol–water partition coefficient (Wildman–Crippen LogP) is 2.98. The molecule has 1 aliphatic carbocycles. The fourth-order valence-electron chi connectivity index (χ4n) is 1.71. The lowest BCUT2D eigenvalue weighted by Crippen LogP contribution is -2.20. The van der Waals surface area contributed by atoms with Gasteiger partial charge in [-0.25, -0.2) is 0 Å². The van der Waals surface area contributed by atoms with Crippen LogP contribution in [0.1, 0.15) is 18.4 Å². The van der Waals surface area contributed by atoms with E-state index in [1.165, 1.54) is 0 Å². The van der Waals surface area contributed by atoms with Crippen molar-refractivity contribution in [3.63, 3.8) is 0 Å². The molecule has 1 fully saturated rings. The monoisotopic (exact) mass is 215 g/mol. The molecule has 0 saturated heterocycles. The van der Waals surface area contributed by atoms with Gasteiger partial charge in [-0.3, -0.25) is 0 Å². The summed E-state index contributed by atoms with van der Waals surface area (Å²) < 4.78 is 0. The van der Waals surface area contributed by atoms with Crippen LogP contribution in [0.4, 0.5) is 0 Å². The van der Waals surface area contributed by atoms with Crippen LogP contribution in [0.15, 0.2) is 18.2 Å². The van der Waals surface area contributed by atoms with E-state index in [9.17, 15) is 0 Å². The molecule has 0 atom stereocenters. The number of hydrogen-bond acceptors (Lipinski definition) is 1. The van der Waals surface area contributed by atoms with E-state index in [4.69, 9.17) is 28.9 Å². The van der Waals surface area contributed by atoms with Gasteiger partial charge in [0.1, 0.15) is 0 Å². The maximum atomic E-state index is 6.09. The number of halogens is 2. The summed E-state index contributed by atoms with van der Waals surface area (Å²) in [6, 6.07) is 5.61. The molecule has 0 heterocycles. The molecule has 1 aromatic carbocycles. The maximum Gasteiger partial charge on any atom is 0.0459 e. The maximum absolute atomic E-state index is 6.09. The summed E-state index contributed by atoms with van der Waals surface area (Å²) in [5.41, 5.74) is 6.84. The van der Waals surface area contributed by atoms with Crippen molar-refractivity contribution in [2.75, 3.05) is 6.54 Å². The Balaban J connectivity index is 2.50. The quantitative estimate of drug-likeness (QED) is 0.807. The second-order valence-electron chi connectivity index (χ2n) is 3.58. The zero-order valence-electron chi connectivity index (χ0n) is 7.19. The van der Waals surface area contributed by atoms with Crippen LogP contribution in [0.5, 0.6) is 0 Å². The molecule has 0 bridgehead atoms. The Hall–Kier alpha value is -0.240. The lowest BCUT2D eigenvalue weighted by Gasteiger charge is -2.16. The summed E-state index contributed by atoms with van der Waals surface area (Å²) in [5.74, 6) is 0. The highest BCUT2D eigenvalue weighted by Crippen LogP contribution is 2.51. The van der Waals surface area contributed by atoms with Crippen LogP contribution >= 0.6 is 23.2 Å². The van der Waals surface area contributed by atoms with Gasteiger partial charge in [0.2, 0.25) is 0 Å². The van der Waals surface area contributed by atoms with Gasteiger partial charge in [-0.15, -0.1) is 0 Å².